The van der Waals surface area contributed by atoms with Gasteiger partial charge in [0, 0.05) is 29.8 Å². The summed E-state index contributed by atoms with van der Waals surface area (Å²) in [6.45, 7) is -0.650. The molecule has 2 heterocycles. The van der Waals surface area contributed by atoms with E-state index in [-0.39, 0.29) is 39.5 Å². The predicted molar refractivity (Wildman–Crippen MR) is 107 cm³/mol. The minimum atomic E-state index is -1.68. The largest absolute Gasteiger partial charge is 0.508 e. The molecule has 4 rings (SSSR count). The van der Waals surface area contributed by atoms with Gasteiger partial charge in [-0.15, -0.1) is 0 Å². The molecule has 0 unspecified atom stereocenters. The summed E-state index contributed by atoms with van der Waals surface area (Å²) in [5.41, 5.74) is -0.530. The van der Waals surface area contributed by atoms with Crippen LogP contribution >= 0.6 is 0 Å². The SMILES string of the molecule is O=c1cc(-c2cc(O)cc(O)c2)oc2cc(O[C@@H]3O[C@H](CO)[C@@H](O)[C@H](O)[C@H]3O)cc(O)c12. The van der Waals surface area contributed by atoms with Crippen molar-refractivity contribution in [2.24, 2.45) is 0 Å². The first-order valence-electron chi connectivity index (χ1n) is 9.49. The highest BCUT2D eigenvalue weighted by Crippen LogP contribution is 2.34. The van der Waals surface area contributed by atoms with E-state index in [0.29, 0.717) is 0 Å². The van der Waals surface area contributed by atoms with Crippen LogP contribution in [0.15, 0.2) is 45.6 Å². The molecule has 2 aromatic carbocycles. The third-order valence-electron chi connectivity index (χ3n) is 5.07. The van der Waals surface area contributed by atoms with E-state index in [1.165, 1.54) is 18.2 Å². The molecular formula is C21H20O11. The van der Waals surface area contributed by atoms with Crippen molar-refractivity contribution in [3.63, 3.8) is 0 Å². The molecule has 32 heavy (non-hydrogen) atoms. The van der Waals surface area contributed by atoms with Gasteiger partial charge in [-0.1, -0.05) is 0 Å². The number of aromatic hydroxyl groups is 3. The average molecular weight is 448 g/mol. The molecule has 3 aromatic rings. The Morgan fingerprint density at radius 2 is 1.56 bits per heavy atom. The van der Waals surface area contributed by atoms with Gasteiger partial charge < -0.3 is 49.6 Å². The lowest BCUT2D eigenvalue weighted by Crippen LogP contribution is -2.60. The second-order valence-corrected chi connectivity index (χ2v) is 7.34. The van der Waals surface area contributed by atoms with Gasteiger partial charge in [-0.05, 0) is 12.1 Å². The number of benzene rings is 2. The fourth-order valence-electron chi connectivity index (χ4n) is 3.49. The van der Waals surface area contributed by atoms with Gasteiger partial charge in [0.2, 0.25) is 6.29 Å². The molecule has 7 N–H and O–H groups in total. The van der Waals surface area contributed by atoms with E-state index in [1.54, 1.807) is 0 Å². The Hall–Kier alpha value is -3.35. The summed E-state index contributed by atoms with van der Waals surface area (Å²) >= 11 is 0. The Balaban J connectivity index is 1.73. The normalized spacial score (nSPS) is 25.7. The molecule has 11 nitrogen and oxygen atoms in total. The van der Waals surface area contributed by atoms with E-state index in [0.717, 1.165) is 18.2 Å². The minimum absolute atomic E-state index is 0.0157. The first kappa shape index (κ1) is 21.9. The van der Waals surface area contributed by atoms with Gasteiger partial charge in [0.05, 0.1) is 6.61 Å². The fraction of sp³-hybridized carbons (Fsp3) is 0.286. The Bertz CT molecular complexity index is 1180. The zero-order valence-electron chi connectivity index (χ0n) is 16.3. The van der Waals surface area contributed by atoms with Crippen LogP contribution in [0.5, 0.6) is 23.0 Å². The van der Waals surface area contributed by atoms with Gasteiger partial charge in [-0.3, -0.25) is 4.79 Å². The lowest BCUT2D eigenvalue weighted by atomic mass is 9.99. The number of hydrogen-bond donors (Lipinski definition) is 7. The summed E-state index contributed by atoms with van der Waals surface area (Å²) in [4.78, 5) is 12.5. The van der Waals surface area contributed by atoms with Gasteiger partial charge in [0.25, 0.3) is 0 Å². The van der Waals surface area contributed by atoms with E-state index >= 15 is 0 Å². The number of phenolic OH excluding ortho intramolecular Hbond substituents is 3. The topological polar surface area (TPSA) is 190 Å². The van der Waals surface area contributed by atoms with Crippen LogP contribution in [0.25, 0.3) is 22.3 Å². The van der Waals surface area contributed by atoms with Gasteiger partial charge in [-0.25, -0.2) is 0 Å². The summed E-state index contributed by atoms with van der Waals surface area (Å²) in [6.07, 6.45) is -7.63. The second-order valence-electron chi connectivity index (χ2n) is 7.34. The zero-order chi connectivity index (χ0) is 23.2. The van der Waals surface area contributed by atoms with E-state index < -0.39 is 48.5 Å². The van der Waals surface area contributed by atoms with Crippen LogP contribution in [0.2, 0.25) is 0 Å². The number of phenols is 3. The first-order chi connectivity index (χ1) is 15.2. The summed E-state index contributed by atoms with van der Waals surface area (Å²) in [5.74, 6) is -1.15. The second kappa shape index (κ2) is 8.30. The van der Waals surface area contributed by atoms with Crippen molar-refractivity contribution in [3.8, 4) is 34.3 Å². The third-order valence-corrected chi connectivity index (χ3v) is 5.07. The van der Waals surface area contributed by atoms with Crippen molar-refractivity contribution in [2.45, 2.75) is 30.7 Å². The Labute approximate surface area is 179 Å². The molecule has 0 spiro atoms. The number of aliphatic hydroxyl groups is 4. The van der Waals surface area contributed by atoms with E-state index in [2.05, 4.69) is 0 Å². The molecule has 0 aliphatic carbocycles. The Morgan fingerprint density at radius 3 is 2.22 bits per heavy atom. The standard InChI is InChI=1S/C21H20O11/c22-7-16-18(27)19(28)20(29)21(32-16)30-11-4-12(25)17-13(26)6-14(31-15(17)5-11)8-1-9(23)3-10(24)2-8/h1-6,16,18-25,27-29H,7H2/t16-,18-,19+,20-,21-/m1/s1. The molecule has 0 radical (unpaired) electrons. The molecule has 0 bridgehead atoms. The van der Waals surface area contributed by atoms with Crippen molar-refractivity contribution >= 4 is 11.0 Å². The van der Waals surface area contributed by atoms with Crippen molar-refractivity contribution in [1.29, 1.82) is 0 Å². The maximum absolute atomic E-state index is 12.5. The van der Waals surface area contributed by atoms with Gasteiger partial charge in [0.1, 0.15) is 64.1 Å². The quantitative estimate of drug-likeness (QED) is 0.279. The maximum Gasteiger partial charge on any atom is 0.229 e. The van der Waals surface area contributed by atoms with Crippen LogP contribution in [0, 0.1) is 0 Å². The molecule has 170 valence electrons. The molecule has 5 atom stereocenters. The highest BCUT2D eigenvalue weighted by atomic mass is 16.7. The number of rotatable bonds is 4. The molecular weight excluding hydrogens is 428 g/mol. The average Bonchev–Trinajstić information content (AvgIpc) is 2.73. The lowest BCUT2D eigenvalue weighted by molar-refractivity contribution is -0.277. The predicted octanol–water partition coefficient (Wildman–Crippen LogP) is -0.245. The molecule has 1 aliphatic rings. The van der Waals surface area contributed by atoms with Crippen molar-refractivity contribution in [1.82, 2.24) is 0 Å². The van der Waals surface area contributed by atoms with Crippen LogP contribution in [0.3, 0.4) is 0 Å². The van der Waals surface area contributed by atoms with Gasteiger partial charge >= 0.3 is 0 Å². The molecule has 0 saturated carbocycles. The Morgan fingerprint density at radius 1 is 0.875 bits per heavy atom. The summed E-state index contributed by atoms with van der Waals surface area (Å²) in [6, 6.07) is 7.00. The molecule has 0 amide bonds. The van der Waals surface area contributed by atoms with Crippen LogP contribution in [-0.2, 0) is 4.74 Å². The van der Waals surface area contributed by atoms with Crippen molar-refractivity contribution in [2.75, 3.05) is 6.61 Å². The van der Waals surface area contributed by atoms with Gasteiger partial charge in [0.15, 0.2) is 5.43 Å². The fourth-order valence-corrected chi connectivity index (χ4v) is 3.49. The minimum Gasteiger partial charge on any atom is -0.508 e. The number of hydrogen-bond acceptors (Lipinski definition) is 11. The molecule has 11 heteroatoms. The van der Waals surface area contributed by atoms with Crippen LogP contribution in [-0.4, -0.2) is 73.1 Å². The third kappa shape index (κ3) is 3.95. The van der Waals surface area contributed by atoms with Crippen LogP contribution in [0.4, 0.5) is 0 Å². The number of ether oxygens (including phenoxy) is 2. The van der Waals surface area contributed by atoms with Gasteiger partial charge in [-0.2, -0.15) is 0 Å². The number of fused-ring (bicyclic) bond motifs is 1. The highest BCUT2D eigenvalue weighted by molar-refractivity contribution is 5.86. The Kier molecular flexibility index (Phi) is 5.67. The lowest BCUT2D eigenvalue weighted by Gasteiger charge is -2.39. The molecule has 1 aromatic heterocycles. The number of aliphatic hydroxyl groups excluding tert-OH is 4. The summed E-state index contributed by atoms with van der Waals surface area (Å²) < 4.78 is 16.4. The summed E-state index contributed by atoms with van der Waals surface area (Å²) in [5, 5.41) is 68.7. The molecule has 1 aliphatic heterocycles. The highest BCUT2D eigenvalue weighted by Gasteiger charge is 2.44. The summed E-state index contributed by atoms with van der Waals surface area (Å²) in [7, 11) is 0. The van der Waals surface area contributed by atoms with E-state index in [9.17, 15) is 40.5 Å². The van der Waals surface area contributed by atoms with Crippen molar-refractivity contribution in [3.05, 3.63) is 46.6 Å². The monoisotopic (exact) mass is 448 g/mol. The van der Waals surface area contributed by atoms with E-state index in [1.807, 2.05) is 0 Å². The van der Waals surface area contributed by atoms with Crippen molar-refractivity contribution < 1.29 is 49.6 Å². The zero-order valence-corrected chi connectivity index (χ0v) is 16.3. The molecule has 1 fully saturated rings. The molecule has 1 saturated heterocycles. The first-order valence-corrected chi connectivity index (χ1v) is 9.49. The van der Waals surface area contributed by atoms with Crippen LogP contribution in [0.1, 0.15) is 0 Å². The smallest absolute Gasteiger partial charge is 0.229 e. The maximum atomic E-state index is 12.5. The van der Waals surface area contributed by atoms with Crippen LogP contribution < -0.4 is 10.2 Å². The van der Waals surface area contributed by atoms with E-state index in [4.69, 9.17) is 13.9 Å².